The highest BCUT2D eigenvalue weighted by atomic mass is 15.2. The predicted molar refractivity (Wildman–Crippen MR) is 71.8 cm³/mol. The van der Waals surface area contributed by atoms with Gasteiger partial charge in [-0.1, -0.05) is 26.7 Å². The molecule has 0 aromatic heterocycles. The van der Waals surface area contributed by atoms with Crippen molar-refractivity contribution in [3.05, 3.63) is 0 Å². The van der Waals surface area contributed by atoms with Gasteiger partial charge in [-0.05, 0) is 52.2 Å². The summed E-state index contributed by atoms with van der Waals surface area (Å²) in [5, 5.41) is 3.42. The smallest absolute Gasteiger partial charge is 0.00975 e. The average Bonchev–Trinajstić information content (AvgIpc) is 2.28. The second kappa shape index (κ2) is 7.29. The highest BCUT2D eigenvalue weighted by molar-refractivity contribution is 4.80. The molecule has 2 nitrogen and oxygen atoms in total. The summed E-state index contributed by atoms with van der Waals surface area (Å²) in [5.41, 5.74) is 0. The summed E-state index contributed by atoms with van der Waals surface area (Å²) < 4.78 is 0. The Morgan fingerprint density at radius 3 is 2.75 bits per heavy atom. The summed E-state index contributed by atoms with van der Waals surface area (Å²) in [7, 11) is 2.32. The van der Waals surface area contributed by atoms with Crippen LogP contribution in [0.2, 0.25) is 0 Å². The Labute approximate surface area is 102 Å². The minimum absolute atomic E-state index is 0.717. The van der Waals surface area contributed by atoms with Gasteiger partial charge in [-0.15, -0.1) is 0 Å². The van der Waals surface area contributed by atoms with E-state index in [1.54, 1.807) is 0 Å². The van der Waals surface area contributed by atoms with Crippen molar-refractivity contribution in [2.24, 2.45) is 5.92 Å². The fraction of sp³-hybridized carbons (Fsp3) is 1.00. The van der Waals surface area contributed by atoms with Crippen LogP contribution in [-0.4, -0.2) is 37.1 Å². The van der Waals surface area contributed by atoms with E-state index in [-0.39, 0.29) is 0 Å². The van der Waals surface area contributed by atoms with Crippen molar-refractivity contribution < 1.29 is 0 Å². The van der Waals surface area contributed by atoms with E-state index in [0.29, 0.717) is 6.04 Å². The van der Waals surface area contributed by atoms with Crippen LogP contribution >= 0.6 is 0 Å². The van der Waals surface area contributed by atoms with Crippen LogP contribution in [0.4, 0.5) is 0 Å². The predicted octanol–water partition coefficient (Wildman–Crippen LogP) is 2.89. The van der Waals surface area contributed by atoms with Gasteiger partial charge in [0.25, 0.3) is 0 Å². The molecule has 3 atom stereocenters. The van der Waals surface area contributed by atoms with Gasteiger partial charge in [0.2, 0.25) is 0 Å². The zero-order valence-corrected chi connectivity index (χ0v) is 11.6. The molecule has 0 radical (unpaired) electrons. The summed E-state index contributed by atoms with van der Waals surface area (Å²) in [5.74, 6) is 0.933. The van der Waals surface area contributed by atoms with Gasteiger partial charge >= 0.3 is 0 Å². The molecular weight excluding hydrogens is 196 g/mol. The Kier molecular flexibility index (Phi) is 6.37. The zero-order valence-electron chi connectivity index (χ0n) is 11.6. The Morgan fingerprint density at radius 2 is 2.12 bits per heavy atom. The summed E-state index contributed by atoms with van der Waals surface area (Å²) in [4.78, 5) is 2.62. The second-order valence-corrected chi connectivity index (χ2v) is 5.58. The number of rotatable bonds is 6. The summed E-state index contributed by atoms with van der Waals surface area (Å²) in [6.45, 7) is 9.21. The fourth-order valence-electron chi connectivity index (χ4n) is 2.82. The molecule has 1 N–H and O–H groups in total. The third kappa shape index (κ3) is 4.42. The van der Waals surface area contributed by atoms with Crippen LogP contribution in [0.25, 0.3) is 0 Å². The Bertz CT molecular complexity index is 182. The van der Waals surface area contributed by atoms with Crippen molar-refractivity contribution in [2.75, 3.05) is 20.1 Å². The third-order valence-corrected chi connectivity index (χ3v) is 4.17. The van der Waals surface area contributed by atoms with Gasteiger partial charge in [0, 0.05) is 12.1 Å². The Hall–Kier alpha value is -0.0800. The molecule has 1 aliphatic carbocycles. The van der Waals surface area contributed by atoms with Gasteiger partial charge in [-0.3, -0.25) is 0 Å². The molecule has 16 heavy (non-hydrogen) atoms. The third-order valence-electron chi connectivity index (χ3n) is 4.17. The second-order valence-electron chi connectivity index (χ2n) is 5.58. The van der Waals surface area contributed by atoms with E-state index >= 15 is 0 Å². The number of hydrogen-bond acceptors (Lipinski definition) is 2. The van der Waals surface area contributed by atoms with Crippen molar-refractivity contribution in [3.63, 3.8) is 0 Å². The molecule has 0 aromatic carbocycles. The first-order valence-electron chi connectivity index (χ1n) is 7.07. The van der Waals surface area contributed by atoms with Gasteiger partial charge in [-0.25, -0.2) is 0 Å². The van der Waals surface area contributed by atoms with E-state index in [1.165, 1.54) is 32.1 Å². The monoisotopic (exact) mass is 226 g/mol. The van der Waals surface area contributed by atoms with Crippen molar-refractivity contribution in [3.8, 4) is 0 Å². The van der Waals surface area contributed by atoms with Crippen LogP contribution in [0.5, 0.6) is 0 Å². The number of nitrogens with one attached hydrogen (secondary N) is 1. The molecule has 1 saturated carbocycles. The first-order chi connectivity index (χ1) is 7.65. The van der Waals surface area contributed by atoms with Gasteiger partial charge in [0.1, 0.15) is 0 Å². The van der Waals surface area contributed by atoms with Gasteiger partial charge in [0.15, 0.2) is 0 Å². The van der Waals surface area contributed by atoms with Crippen molar-refractivity contribution >= 4 is 0 Å². The minimum Gasteiger partial charge on any atom is -0.317 e. The lowest BCUT2D eigenvalue weighted by Gasteiger charge is -2.37. The molecular formula is C14H30N2. The minimum atomic E-state index is 0.717. The van der Waals surface area contributed by atoms with E-state index in [1.807, 2.05) is 0 Å². The molecule has 1 aliphatic rings. The van der Waals surface area contributed by atoms with Crippen LogP contribution in [0.1, 0.15) is 52.9 Å². The standard InChI is InChI=1S/C14H30N2/c1-5-15-10-9-13(3)16(4)14-8-6-7-12(2)11-14/h12-15H,5-11H2,1-4H3. The van der Waals surface area contributed by atoms with Gasteiger partial charge in [-0.2, -0.15) is 0 Å². The van der Waals surface area contributed by atoms with Crippen molar-refractivity contribution in [1.29, 1.82) is 0 Å². The molecule has 3 unspecified atom stereocenters. The number of hydrogen-bond donors (Lipinski definition) is 1. The van der Waals surface area contributed by atoms with E-state index in [0.717, 1.165) is 25.0 Å². The molecule has 96 valence electrons. The van der Waals surface area contributed by atoms with Gasteiger partial charge < -0.3 is 10.2 Å². The summed E-state index contributed by atoms with van der Waals surface area (Å²) in [6.07, 6.45) is 6.95. The van der Waals surface area contributed by atoms with Crippen LogP contribution in [0.3, 0.4) is 0 Å². The zero-order chi connectivity index (χ0) is 12.0. The van der Waals surface area contributed by atoms with Crippen LogP contribution in [-0.2, 0) is 0 Å². The van der Waals surface area contributed by atoms with Crippen molar-refractivity contribution in [1.82, 2.24) is 10.2 Å². The van der Waals surface area contributed by atoms with Gasteiger partial charge in [0.05, 0.1) is 0 Å². The summed E-state index contributed by atoms with van der Waals surface area (Å²) >= 11 is 0. The molecule has 2 heteroatoms. The first-order valence-corrected chi connectivity index (χ1v) is 7.07. The molecule has 1 rings (SSSR count). The molecule has 1 fully saturated rings. The molecule has 0 aromatic rings. The van der Waals surface area contributed by atoms with E-state index < -0.39 is 0 Å². The largest absolute Gasteiger partial charge is 0.317 e. The van der Waals surface area contributed by atoms with E-state index in [9.17, 15) is 0 Å². The lowest BCUT2D eigenvalue weighted by Crippen LogP contribution is -2.42. The van der Waals surface area contributed by atoms with Crippen LogP contribution in [0, 0.1) is 5.92 Å². The normalized spacial score (nSPS) is 28.3. The molecule has 0 amide bonds. The molecule has 0 aliphatic heterocycles. The number of nitrogens with zero attached hydrogens (tertiary/aromatic N) is 1. The molecule has 0 heterocycles. The van der Waals surface area contributed by atoms with E-state index in [4.69, 9.17) is 0 Å². The SMILES string of the molecule is CCNCCC(C)N(C)C1CCCC(C)C1. The molecule has 0 bridgehead atoms. The van der Waals surface area contributed by atoms with Crippen LogP contribution in [0.15, 0.2) is 0 Å². The highest BCUT2D eigenvalue weighted by Crippen LogP contribution is 2.27. The Balaban J connectivity index is 2.28. The van der Waals surface area contributed by atoms with E-state index in [2.05, 4.69) is 38.0 Å². The quantitative estimate of drug-likeness (QED) is 0.701. The first kappa shape index (κ1) is 14.0. The maximum Gasteiger partial charge on any atom is 0.00975 e. The maximum atomic E-state index is 3.42. The Morgan fingerprint density at radius 1 is 1.38 bits per heavy atom. The molecule has 0 saturated heterocycles. The fourth-order valence-corrected chi connectivity index (χ4v) is 2.82. The maximum absolute atomic E-state index is 3.42. The van der Waals surface area contributed by atoms with Crippen molar-refractivity contribution in [2.45, 2.75) is 65.0 Å². The highest BCUT2D eigenvalue weighted by Gasteiger charge is 2.24. The molecule has 0 spiro atoms. The summed E-state index contributed by atoms with van der Waals surface area (Å²) in [6, 6.07) is 1.55. The lowest BCUT2D eigenvalue weighted by molar-refractivity contribution is 0.121. The topological polar surface area (TPSA) is 15.3 Å². The lowest BCUT2D eigenvalue weighted by atomic mass is 9.86. The average molecular weight is 226 g/mol. The van der Waals surface area contributed by atoms with Crippen LogP contribution < -0.4 is 5.32 Å².